The van der Waals surface area contributed by atoms with E-state index in [0.717, 1.165) is 0 Å². The fourth-order valence-electron chi connectivity index (χ4n) is 3.36. The summed E-state index contributed by atoms with van der Waals surface area (Å²) in [4.78, 5) is 53.7. The fraction of sp³-hybridized carbons (Fsp3) is 0.773. The van der Waals surface area contributed by atoms with Gasteiger partial charge in [0.15, 0.2) is 5.96 Å². The van der Waals surface area contributed by atoms with E-state index in [2.05, 4.69) is 20.9 Å². The normalized spacial score (nSPS) is 14.9. The monoisotopic (exact) mass is 531 g/mol. The Bertz CT molecular complexity index is 746. The first-order valence-electron chi connectivity index (χ1n) is 12.5. The molecule has 15 N–H and O–H groups in total. The number of carboxylic acids is 1. The maximum absolute atomic E-state index is 12.9. The van der Waals surface area contributed by atoms with E-state index in [9.17, 15) is 29.4 Å². The molecule has 0 rings (SSSR count). The van der Waals surface area contributed by atoms with Gasteiger partial charge in [0, 0.05) is 6.54 Å². The number of nitrogens with zero attached hydrogens (tertiary/aromatic N) is 1. The minimum atomic E-state index is -1.40. The molecule has 0 aromatic carbocycles. The Hall–Kier alpha value is -3.01. The van der Waals surface area contributed by atoms with E-state index in [0.29, 0.717) is 45.2 Å². The van der Waals surface area contributed by atoms with Crippen molar-refractivity contribution in [2.75, 3.05) is 19.6 Å². The van der Waals surface area contributed by atoms with E-state index in [1.54, 1.807) is 0 Å². The molecule has 0 aromatic rings. The van der Waals surface area contributed by atoms with Crippen LogP contribution < -0.4 is 44.6 Å². The number of hydrogen-bond acceptors (Lipinski definition) is 9. The molecule has 0 aliphatic rings. The van der Waals surface area contributed by atoms with Gasteiger partial charge < -0.3 is 54.8 Å². The molecule has 0 spiro atoms. The minimum absolute atomic E-state index is 0.0841. The Morgan fingerprint density at radius 2 is 1.32 bits per heavy atom. The van der Waals surface area contributed by atoms with Crippen LogP contribution in [0.2, 0.25) is 0 Å². The summed E-state index contributed by atoms with van der Waals surface area (Å²) in [6.45, 7) is 2.33. The van der Waals surface area contributed by atoms with Gasteiger partial charge in [0.1, 0.15) is 18.1 Å². The van der Waals surface area contributed by atoms with E-state index in [1.807, 2.05) is 0 Å². The summed E-state index contributed by atoms with van der Waals surface area (Å²) in [6.07, 6.45) is 1.83. The molecule has 0 fully saturated rings. The highest BCUT2D eigenvalue weighted by molar-refractivity contribution is 5.94. The fourth-order valence-corrected chi connectivity index (χ4v) is 3.36. The van der Waals surface area contributed by atoms with Crippen molar-refractivity contribution in [3.8, 4) is 0 Å². The molecule has 0 saturated carbocycles. The van der Waals surface area contributed by atoms with Crippen molar-refractivity contribution in [1.29, 1.82) is 0 Å². The van der Waals surface area contributed by atoms with Crippen molar-refractivity contribution in [2.24, 2.45) is 33.7 Å². The SMILES string of the molecule is CC(O)C(NC(=O)C(N)CCCN=C(N)N)C(=O)NC(CCCCN)C(=O)NC(CCCCN)C(=O)O. The Morgan fingerprint density at radius 3 is 1.81 bits per heavy atom. The van der Waals surface area contributed by atoms with Crippen LogP contribution in [0.5, 0.6) is 0 Å². The van der Waals surface area contributed by atoms with Crippen LogP contribution in [0.3, 0.4) is 0 Å². The number of carbonyl (C=O) groups excluding carboxylic acids is 3. The summed E-state index contributed by atoms with van der Waals surface area (Å²) in [5.41, 5.74) is 27.3. The lowest BCUT2D eigenvalue weighted by Crippen LogP contribution is -2.59. The predicted molar refractivity (Wildman–Crippen MR) is 139 cm³/mol. The number of amides is 3. The first kappa shape index (κ1) is 34.0. The first-order valence-corrected chi connectivity index (χ1v) is 12.5. The molecule has 0 aliphatic carbocycles. The zero-order chi connectivity index (χ0) is 28.4. The summed E-state index contributed by atoms with van der Waals surface area (Å²) in [7, 11) is 0. The van der Waals surface area contributed by atoms with E-state index in [-0.39, 0.29) is 31.8 Å². The summed E-state index contributed by atoms with van der Waals surface area (Å²) >= 11 is 0. The van der Waals surface area contributed by atoms with Crippen LogP contribution in [0.1, 0.15) is 58.3 Å². The highest BCUT2D eigenvalue weighted by Gasteiger charge is 2.32. The molecule has 0 bridgehead atoms. The van der Waals surface area contributed by atoms with Crippen molar-refractivity contribution in [1.82, 2.24) is 16.0 Å². The second-order valence-corrected chi connectivity index (χ2v) is 8.81. The van der Waals surface area contributed by atoms with Gasteiger partial charge in [0.05, 0.1) is 12.1 Å². The number of nitrogens with two attached hydrogens (primary N) is 5. The van der Waals surface area contributed by atoms with Crippen molar-refractivity contribution in [3.63, 3.8) is 0 Å². The number of aliphatic imine (C=N–C) groups is 1. The molecule has 15 heteroatoms. The molecule has 0 radical (unpaired) electrons. The number of aliphatic hydroxyl groups excluding tert-OH is 1. The lowest BCUT2D eigenvalue weighted by molar-refractivity contribution is -0.142. The second-order valence-electron chi connectivity index (χ2n) is 8.81. The van der Waals surface area contributed by atoms with Crippen LogP contribution in [-0.2, 0) is 19.2 Å². The Morgan fingerprint density at radius 1 is 0.784 bits per heavy atom. The number of carboxylic acid groups (broad SMARTS) is 1. The molecule has 0 aliphatic heterocycles. The van der Waals surface area contributed by atoms with Gasteiger partial charge in [-0.05, 0) is 71.4 Å². The van der Waals surface area contributed by atoms with Gasteiger partial charge in [0.2, 0.25) is 17.7 Å². The Kier molecular flexibility index (Phi) is 17.6. The van der Waals surface area contributed by atoms with Crippen molar-refractivity contribution in [2.45, 2.75) is 88.6 Å². The quantitative estimate of drug-likeness (QED) is 0.0418. The molecule has 5 atom stereocenters. The molecule has 0 saturated heterocycles. The van der Waals surface area contributed by atoms with Crippen molar-refractivity contribution >= 4 is 29.7 Å². The number of hydrogen-bond donors (Lipinski definition) is 10. The third kappa shape index (κ3) is 15.0. The number of guanidine groups is 1. The van der Waals surface area contributed by atoms with Crippen LogP contribution in [0.4, 0.5) is 0 Å². The van der Waals surface area contributed by atoms with Gasteiger partial charge in [0.25, 0.3) is 0 Å². The van der Waals surface area contributed by atoms with Gasteiger partial charge in [-0.1, -0.05) is 0 Å². The van der Waals surface area contributed by atoms with E-state index < -0.39 is 54.0 Å². The summed E-state index contributed by atoms with van der Waals surface area (Å²) in [5, 5.41) is 26.9. The molecular formula is C22H45N9O6. The smallest absolute Gasteiger partial charge is 0.326 e. The molecule has 5 unspecified atom stereocenters. The Balaban J connectivity index is 5.32. The lowest BCUT2D eigenvalue weighted by atomic mass is 10.0. The van der Waals surface area contributed by atoms with E-state index >= 15 is 0 Å². The topological polar surface area (TPSA) is 287 Å². The van der Waals surface area contributed by atoms with Gasteiger partial charge in [-0.15, -0.1) is 0 Å². The largest absolute Gasteiger partial charge is 0.480 e. The lowest BCUT2D eigenvalue weighted by Gasteiger charge is -2.26. The zero-order valence-electron chi connectivity index (χ0n) is 21.5. The molecule has 15 nitrogen and oxygen atoms in total. The number of carbonyl (C=O) groups is 4. The van der Waals surface area contributed by atoms with E-state index in [1.165, 1.54) is 6.92 Å². The van der Waals surface area contributed by atoms with E-state index in [4.69, 9.17) is 28.7 Å². The van der Waals surface area contributed by atoms with Gasteiger partial charge in [-0.3, -0.25) is 19.4 Å². The molecule has 3 amide bonds. The van der Waals surface area contributed by atoms with Crippen LogP contribution in [0.15, 0.2) is 4.99 Å². The predicted octanol–water partition coefficient (Wildman–Crippen LogP) is -3.45. The maximum Gasteiger partial charge on any atom is 0.326 e. The highest BCUT2D eigenvalue weighted by atomic mass is 16.4. The number of aliphatic carboxylic acids is 1. The maximum atomic E-state index is 12.9. The molecule has 0 aromatic heterocycles. The number of aliphatic hydroxyl groups is 1. The summed E-state index contributed by atoms with van der Waals surface area (Å²) < 4.78 is 0. The van der Waals surface area contributed by atoms with Crippen LogP contribution >= 0.6 is 0 Å². The summed E-state index contributed by atoms with van der Waals surface area (Å²) in [5.74, 6) is -3.49. The van der Waals surface area contributed by atoms with Crippen LogP contribution in [0.25, 0.3) is 0 Å². The molecule has 0 heterocycles. The third-order valence-corrected chi connectivity index (χ3v) is 5.51. The minimum Gasteiger partial charge on any atom is -0.480 e. The molecular weight excluding hydrogens is 486 g/mol. The molecule has 37 heavy (non-hydrogen) atoms. The Labute approximate surface area is 217 Å². The van der Waals surface area contributed by atoms with Gasteiger partial charge in [-0.25, -0.2) is 4.79 Å². The highest BCUT2D eigenvalue weighted by Crippen LogP contribution is 2.07. The number of rotatable bonds is 20. The number of nitrogens with one attached hydrogen (secondary N) is 3. The zero-order valence-corrected chi connectivity index (χ0v) is 21.5. The second kappa shape index (κ2) is 19.1. The van der Waals surface area contributed by atoms with Crippen molar-refractivity contribution < 1.29 is 29.4 Å². The average Bonchev–Trinajstić information content (AvgIpc) is 2.83. The standard InChI is InChI=1S/C22H45N9O6/c1-13(32)17(31-18(33)14(25)7-6-12-28-22(26)27)20(35)29-15(8-2-4-10-23)19(34)30-16(21(36)37)9-3-5-11-24/h13-17,32H,2-12,23-25H2,1H3,(H,29,35)(H,30,34)(H,31,33)(H,36,37)(H4,26,27,28). The van der Waals surface area contributed by atoms with Crippen molar-refractivity contribution in [3.05, 3.63) is 0 Å². The number of unbranched alkanes of at least 4 members (excludes halogenated alkanes) is 2. The summed E-state index contributed by atoms with van der Waals surface area (Å²) in [6, 6.07) is -4.66. The van der Waals surface area contributed by atoms with Crippen LogP contribution in [0, 0.1) is 0 Å². The van der Waals surface area contributed by atoms with Gasteiger partial charge in [-0.2, -0.15) is 0 Å². The molecule has 214 valence electrons. The average molecular weight is 532 g/mol. The first-order chi connectivity index (χ1) is 17.4. The third-order valence-electron chi connectivity index (χ3n) is 5.51. The van der Waals surface area contributed by atoms with Gasteiger partial charge >= 0.3 is 5.97 Å². The van der Waals surface area contributed by atoms with Crippen LogP contribution in [-0.4, -0.2) is 89.8 Å².